The van der Waals surface area contributed by atoms with E-state index in [2.05, 4.69) is 9.88 Å². The van der Waals surface area contributed by atoms with E-state index in [1.54, 1.807) is 13.3 Å². The van der Waals surface area contributed by atoms with Gasteiger partial charge in [0.25, 0.3) is 0 Å². The number of hydrogen-bond donors (Lipinski definition) is 0. The molecule has 2 heterocycles. The number of rotatable bonds is 7. The highest BCUT2D eigenvalue weighted by atomic mass is 32.2. The molecule has 1 aliphatic rings. The Morgan fingerprint density at radius 3 is 2.71 bits per heavy atom. The summed E-state index contributed by atoms with van der Waals surface area (Å²) in [6.07, 6.45) is 3.69. The van der Waals surface area contributed by atoms with Gasteiger partial charge in [-0.05, 0) is 6.42 Å². The molecule has 0 radical (unpaired) electrons. The van der Waals surface area contributed by atoms with Gasteiger partial charge in [-0.15, -0.1) is 0 Å². The molecule has 21 heavy (non-hydrogen) atoms. The van der Waals surface area contributed by atoms with Crippen molar-refractivity contribution in [1.29, 1.82) is 0 Å². The molecule has 1 aliphatic heterocycles. The zero-order chi connectivity index (χ0) is 15.3. The topological polar surface area (TPSA) is 64.4 Å². The van der Waals surface area contributed by atoms with E-state index >= 15 is 0 Å². The minimum absolute atomic E-state index is 0.167. The Hall–Kier alpha value is -0.570. The Bertz CT molecular complexity index is 551. The number of aromatic nitrogens is 2. The van der Waals surface area contributed by atoms with Gasteiger partial charge < -0.3 is 9.30 Å². The van der Waals surface area contributed by atoms with E-state index < -0.39 is 9.84 Å². The molecule has 6 nitrogen and oxygen atoms in total. The Kier molecular flexibility index (Phi) is 6.09. The molecule has 120 valence electrons. The van der Waals surface area contributed by atoms with E-state index in [4.69, 9.17) is 4.74 Å². The molecule has 0 bridgehead atoms. The molecule has 1 fully saturated rings. The van der Waals surface area contributed by atoms with Crippen molar-refractivity contribution in [2.24, 2.45) is 0 Å². The van der Waals surface area contributed by atoms with Crippen LogP contribution in [0, 0.1) is 0 Å². The third-order valence-electron chi connectivity index (χ3n) is 3.45. The highest BCUT2D eigenvalue weighted by molar-refractivity contribution is 7.99. The van der Waals surface area contributed by atoms with Gasteiger partial charge in [-0.1, -0.05) is 0 Å². The van der Waals surface area contributed by atoms with E-state index in [1.165, 1.54) is 6.26 Å². The van der Waals surface area contributed by atoms with Crippen molar-refractivity contribution in [1.82, 2.24) is 14.5 Å². The van der Waals surface area contributed by atoms with Crippen molar-refractivity contribution in [3.05, 3.63) is 11.9 Å². The summed E-state index contributed by atoms with van der Waals surface area (Å²) in [5.41, 5.74) is 0.971. The monoisotopic (exact) mass is 333 g/mol. The molecular formula is C13H23N3O3S2. The fourth-order valence-corrected chi connectivity index (χ4v) is 4.24. The van der Waals surface area contributed by atoms with Crippen molar-refractivity contribution in [2.75, 3.05) is 44.6 Å². The molecule has 0 atom stereocenters. The lowest BCUT2D eigenvalue weighted by atomic mass is 10.3. The number of thioether (sulfide) groups is 1. The molecule has 0 aliphatic carbocycles. The fourth-order valence-electron chi connectivity index (χ4n) is 2.41. The van der Waals surface area contributed by atoms with Gasteiger partial charge in [0.2, 0.25) is 15.0 Å². The standard InChI is InChI=1S/C13H23N3O3S2/c1-19-7-3-4-16-12(10-14-13(16)21(2,17)18)11-15-5-8-20-9-6-15/h10H,3-9,11H2,1-2H3. The third-order valence-corrected chi connectivity index (χ3v) is 5.38. The average molecular weight is 333 g/mol. The number of sulfone groups is 1. The van der Waals surface area contributed by atoms with Crippen LogP contribution in [0.1, 0.15) is 12.1 Å². The molecule has 0 amide bonds. The van der Waals surface area contributed by atoms with Crippen LogP contribution < -0.4 is 0 Å². The molecule has 0 aromatic carbocycles. The Balaban J connectivity index is 2.16. The maximum Gasteiger partial charge on any atom is 0.227 e. The average Bonchev–Trinajstić information content (AvgIpc) is 2.83. The van der Waals surface area contributed by atoms with Crippen LogP contribution in [0.5, 0.6) is 0 Å². The summed E-state index contributed by atoms with van der Waals surface area (Å²) in [4.78, 5) is 6.49. The zero-order valence-electron chi connectivity index (χ0n) is 12.6. The number of imidazole rings is 1. The van der Waals surface area contributed by atoms with E-state index in [9.17, 15) is 8.42 Å². The van der Waals surface area contributed by atoms with Crippen LogP contribution in [0.4, 0.5) is 0 Å². The van der Waals surface area contributed by atoms with Crippen molar-refractivity contribution in [3.8, 4) is 0 Å². The first-order valence-corrected chi connectivity index (χ1v) is 10.1. The first-order valence-electron chi connectivity index (χ1n) is 7.06. The smallest absolute Gasteiger partial charge is 0.227 e. The van der Waals surface area contributed by atoms with E-state index in [0.29, 0.717) is 13.2 Å². The minimum atomic E-state index is -3.30. The second-order valence-electron chi connectivity index (χ2n) is 5.19. The van der Waals surface area contributed by atoms with Gasteiger partial charge in [-0.25, -0.2) is 13.4 Å². The summed E-state index contributed by atoms with van der Waals surface area (Å²) in [6.45, 7) is 4.08. The SMILES string of the molecule is COCCCn1c(CN2CCSCC2)cnc1S(C)(=O)=O. The van der Waals surface area contributed by atoms with Gasteiger partial charge >= 0.3 is 0 Å². The molecule has 8 heteroatoms. The summed E-state index contributed by atoms with van der Waals surface area (Å²) in [5, 5.41) is 0.167. The summed E-state index contributed by atoms with van der Waals surface area (Å²) in [5.74, 6) is 2.27. The van der Waals surface area contributed by atoms with Gasteiger partial charge in [0.15, 0.2) is 0 Å². The Morgan fingerprint density at radius 1 is 1.38 bits per heavy atom. The highest BCUT2D eigenvalue weighted by Gasteiger charge is 2.20. The van der Waals surface area contributed by atoms with E-state index in [0.717, 1.165) is 43.3 Å². The normalized spacial score (nSPS) is 17.2. The van der Waals surface area contributed by atoms with Crippen molar-refractivity contribution < 1.29 is 13.2 Å². The van der Waals surface area contributed by atoms with E-state index in [1.807, 2.05) is 16.3 Å². The summed E-state index contributed by atoms with van der Waals surface area (Å²) in [7, 11) is -1.65. The van der Waals surface area contributed by atoms with Gasteiger partial charge in [-0.3, -0.25) is 4.90 Å². The lowest BCUT2D eigenvalue weighted by Gasteiger charge is -2.26. The zero-order valence-corrected chi connectivity index (χ0v) is 14.3. The quantitative estimate of drug-likeness (QED) is 0.690. The van der Waals surface area contributed by atoms with Crippen LogP contribution in [-0.2, 0) is 27.7 Å². The largest absolute Gasteiger partial charge is 0.385 e. The molecule has 0 unspecified atom stereocenters. The lowest BCUT2D eigenvalue weighted by molar-refractivity contribution is 0.188. The molecule has 0 saturated carbocycles. The first kappa shape index (κ1) is 16.8. The van der Waals surface area contributed by atoms with Crippen LogP contribution in [0.15, 0.2) is 11.4 Å². The van der Waals surface area contributed by atoms with Crippen molar-refractivity contribution >= 4 is 21.6 Å². The Labute approximate surface area is 130 Å². The molecule has 1 saturated heterocycles. The maximum atomic E-state index is 11.9. The summed E-state index contributed by atoms with van der Waals surface area (Å²) >= 11 is 1.96. The van der Waals surface area contributed by atoms with Crippen molar-refractivity contribution in [2.45, 2.75) is 24.7 Å². The third kappa shape index (κ3) is 4.70. The molecule has 0 spiro atoms. The predicted molar refractivity (Wildman–Crippen MR) is 84.4 cm³/mol. The van der Waals surface area contributed by atoms with Crippen molar-refractivity contribution in [3.63, 3.8) is 0 Å². The first-order chi connectivity index (χ1) is 10.0. The predicted octanol–water partition coefficient (Wildman–Crippen LogP) is 0.872. The maximum absolute atomic E-state index is 11.9. The summed E-state index contributed by atoms with van der Waals surface area (Å²) in [6, 6.07) is 0. The second-order valence-corrected chi connectivity index (χ2v) is 8.33. The second kappa shape index (κ2) is 7.62. The molecular weight excluding hydrogens is 310 g/mol. The van der Waals surface area contributed by atoms with Gasteiger partial charge in [0.1, 0.15) is 0 Å². The van der Waals surface area contributed by atoms with Crippen LogP contribution >= 0.6 is 11.8 Å². The number of methoxy groups -OCH3 is 1. The minimum Gasteiger partial charge on any atom is -0.385 e. The van der Waals surface area contributed by atoms with Crippen LogP contribution in [0.25, 0.3) is 0 Å². The van der Waals surface area contributed by atoms with Crippen LogP contribution in [0.2, 0.25) is 0 Å². The molecule has 0 N–H and O–H groups in total. The molecule has 1 aromatic rings. The number of nitrogens with zero attached hydrogens (tertiary/aromatic N) is 3. The highest BCUT2D eigenvalue weighted by Crippen LogP contribution is 2.17. The van der Waals surface area contributed by atoms with Crippen LogP contribution in [-0.4, -0.2) is 67.4 Å². The van der Waals surface area contributed by atoms with Gasteiger partial charge in [-0.2, -0.15) is 11.8 Å². The fraction of sp³-hybridized carbons (Fsp3) is 0.769. The molecule has 2 rings (SSSR count). The summed E-state index contributed by atoms with van der Waals surface area (Å²) < 4.78 is 30.6. The lowest BCUT2D eigenvalue weighted by Crippen LogP contribution is -2.33. The Morgan fingerprint density at radius 2 is 2.10 bits per heavy atom. The van der Waals surface area contributed by atoms with Gasteiger partial charge in [0.05, 0.1) is 11.9 Å². The number of ether oxygens (including phenoxy) is 1. The van der Waals surface area contributed by atoms with E-state index in [-0.39, 0.29) is 5.16 Å². The number of hydrogen-bond acceptors (Lipinski definition) is 6. The van der Waals surface area contributed by atoms with Gasteiger partial charge in [0, 0.05) is 57.7 Å². The van der Waals surface area contributed by atoms with Crippen LogP contribution in [0.3, 0.4) is 0 Å². The molecule has 1 aromatic heterocycles.